The lowest BCUT2D eigenvalue weighted by atomic mass is 10.2. The maximum Gasteiger partial charge on any atom is 0.441 e. The molecule has 0 saturated heterocycles. The van der Waals surface area contributed by atoms with Gasteiger partial charge in [-0.1, -0.05) is 0 Å². The zero-order valence-corrected chi connectivity index (χ0v) is 4.94. The molecule has 0 unspecified atom stereocenters. The standard InChI is InChI=1S/C4H6F3NO2/c5-4(6,7)2(8)1-3(9)10/h2H,1,8H2,(H,9,10)/t2-/m1/s1. The second kappa shape index (κ2) is 2.87. The van der Waals surface area contributed by atoms with Crippen LogP contribution >= 0.6 is 0 Å². The molecule has 0 aliphatic rings. The number of carbonyl (C=O) groups excluding carboxylic acids is 1. The van der Waals surface area contributed by atoms with Crippen LogP contribution in [-0.2, 0) is 4.79 Å². The summed E-state index contributed by atoms with van der Waals surface area (Å²) in [5.74, 6) is -1.74. The van der Waals surface area contributed by atoms with Crippen LogP contribution in [0.4, 0.5) is 13.2 Å². The first-order valence-corrected chi connectivity index (χ1v) is 2.43. The minimum absolute atomic E-state index is 1.08. The van der Waals surface area contributed by atoms with E-state index in [0.29, 0.717) is 0 Å². The summed E-state index contributed by atoms with van der Waals surface area (Å²) >= 11 is 0. The van der Waals surface area contributed by atoms with Crippen LogP contribution in [-0.4, -0.2) is 18.2 Å². The molecule has 3 N–H and O–H groups in total. The second-order valence-corrected chi connectivity index (χ2v) is 1.81. The third-order valence-corrected chi connectivity index (χ3v) is 0.876. The van der Waals surface area contributed by atoms with Crippen molar-refractivity contribution in [3.63, 3.8) is 0 Å². The molecule has 0 rings (SSSR count). The molecule has 0 amide bonds. The maximum absolute atomic E-state index is 11.5. The number of alkyl halides is 3. The highest BCUT2D eigenvalue weighted by Gasteiger charge is 2.40. The van der Waals surface area contributed by atoms with Crippen molar-refractivity contribution in [3.8, 4) is 0 Å². The van der Waals surface area contributed by atoms with Gasteiger partial charge in [0.2, 0.25) is 0 Å². The minimum atomic E-state index is -4.54. The van der Waals surface area contributed by atoms with Crippen LogP contribution in [0.1, 0.15) is 6.42 Å². The van der Waals surface area contributed by atoms with Crippen molar-refractivity contribution in [2.75, 3.05) is 0 Å². The van der Waals surface area contributed by atoms with Gasteiger partial charge in [0.05, 0.1) is 0 Å². The first-order chi connectivity index (χ1) is 4.34. The van der Waals surface area contributed by atoms with E-state index in [-0.39, 0.29) is 0 Å². The Morgan fingerprint density at radius 1 is 1.60 bits per heavy atom. The Labute approximate surface area is 54.6 Å². The zero-order valence-electron chi connectivity index (χ0n) is 4.94. The molecule has 0 aromatic rings. The number of carboxylic acid groups (broad SMARTS) is 1. The van der Waals surface area contributed by atoms with E-state index in [4.69, 9.17) is 0 Å². The lowest BCUT2D eigenvalue weighted by Crippen LogP contribution is -2.69. The maximum atomic E-state index is 11.5. The fraction of sp³-hybridized carbons (Fsp3) is 0.750. The smallest absolute Gasteiger partial charge is 0.441 e. The summed E-state index contributed by atoms with van der Waals surface area (Å²) in [7, 11) is 0. The fourth-order valence-electron chi connectivity index (χ4n) is 0.317. The summed E-state index contributed by atoms with van der Waals surface area (Å²) in [5, 5.41) is 9.61. The molecule has 0 aliphatic carbocycles. The minimum Gasteiger partial charge on any atom is -0.550 e. The monoisotopic (exact) mass is 157 g/mol. The van der Waals surface area contributed by atoms with E-state index in [9.17, 15) is 23.1 Å². The third kappa shape index (κ3) is 3.29. The molecule has 0 aromatic heterocycles. The Morgan fingerprint density at radius 3 is 2.10 bits per heavy atom. The van der Waals surface area contributed by atoms with Gasteiger partial charge in [0, 0.05) is 12.4 Å². The summed E-state index contributed by atoms with van der Waals surface area (Å²) in [6.45, 7) is 0. The van der Waals surface area contributed by atoms with Gasteiger partial charge in [-0.2, -0.15) is 13.2 Å². The predicted octanol–water partition coefficient (Wildman–Crippen LogP) is -1.70. The van der Waals surface area contributed by atoms with Gasteiger partial charge in [0.15, 0.2) is 6.04 Å². The van der Waals surface area contributed by atoms with Gasteiger partial charge in [-0.3, -0.25) is 0 Å². The number of carbonyl (C=O) groups is 1. The molecular weight excluding hydrogens is 151 g/mol. The van der Waals surface area contributed by atoms with Gasteiger partial charge >= 0.3 is 6.18 Å². The number of hydrogen-bond donors (Lipinski definition) is 1. The van der Waals surface area contributed by atoms with Crippen LogP contribution in [0, 0.1) is 0 Å². The van der Waals surface area contributed by atoms with E-state index in [0.717, 1.165) is 0 Å². The molecule has 0 spiro atoms. The van der Waals surface area contributed by atoms with E-state index in [1.54, 1.807) is 0 Å². The van der Waals surface area contributed by atoms with Crippen molar-refractivity contribution in [1.82, 2.24) is 0 Å². The number of quaternary nitrogens is 1. The molecule has 60 valence electrons. The topological polar surface area (TPSA) is 67.8 Å². The van der Waals surface area contributed by atoms with Crippen molar-refractivity contribution in [2.24, 2.45) is 0 Å². The molecule has 10 heavy (non-hydrogen) atoms. The molecule has 0 bridgehead atoms. The molecule has 0 aromatic carbocycles. The largest absolute Gasteiger partial charge is 0.550 e. The van der Waals surface area contributed by atoms with Crippen molar-refractivity contribution in [3.05, 3.63) is 0 Å². The Balaban J connectivity index is 3.85. The highest BCUT2D eigenvalue weighted by atomic mass is 19.4. The van der Waals surface area contributed by atoms with Gasteiger partial charge < -0.3 is 15.6 Å². The van der Waals surface area contributed by atoms with Gasteiger partial charge in [-0.15, -0.1) is 0 Å². The van der Waals surface area contributed by atoms with E-state index in [1.807, 2.05) is 0 Å². The van der Waals surface area contributed by atoms with Crippen molar-refractivity contribution in [2.45, 2.75) is 18.6 Å². The van der Waals surface area contributed by atoms with E-state index < -0.39 is 24.6 Å². The summed E-state index contributed by atoms with van der Waals surface area (Å²) in [6.07, 6.45) is -5.62. The quantitative estimate of drug-likeness (QED) is 0.519. The molecule has 6 heteroatoms. The first-order valence-electron chi connectivity index (χ1n) is 2.43. The van der Waals surface area contributed by atoms with Crippen LogP contribution in [0.25, 0.3) is 0 Å². The van der Waals surface area contributed by atoms with Crippen LogP contribution in [0.15, 0.2) is 0 Å². The molecule has 0 saturated carbocycles. The van der Waals surface area contributed by atoms with Crippen molar-refractivity contribution < 1.29 is 28.8 Å². The van der Waals surface area contributed by atoms with Crippen molar-refractivity contribution in [1.29, 1.82) is 0 Å². The van der Waals surface area contributed by atoms with Gasteiger partial charge in [-0.25, -0.2) is 0 Å². The summed E-state index contributed by atoms with van der Waals surface area (Å²) in [5.41, 5.74) is 2.60. The highest BCUT2D eigenvalue weighted by molar-refractivity contribution is 5.64. The first kappa shape index (κ1) is 9.22. The summed E-state index contributed by atoms with van der Waals surface area (Å²) in [6, 6.07) is -2.07. The Kier molecular flexibility index (Phi) is 2.65. The number of hydrogen-bond acceptors (Lipinski definition) is 2. The fourth-order valence-corrected chi connectivity index (χ4v) is 0.317. The average molecular weight is 157 g/mol. The molecule has 0 radical (unpaired) electrons. The van der Waals surface area contributed by atoms with Crippen molar-refractivity contribution >= 4 is 5.97 Å². The Morgan fingerprint density at radius 2 is 2.00 bits per heavy atom. The molecular formula is C4H6F3NO2. The lowest BCUT2D eigenvalue weighted by Gasteiger charge is -2.11. The van der Waals surface area contributed by atoms with E-state index in [2.05, 4.69) is 5.73 Å². The Bertz CT molecular complexity index is 133. The third-order valence-electron chi connectivity index (χ3n) is 0.876. The van der Waals surface area contributed by atoms with Gasteiger partial charge in [-0.05, 0) is 0 Å². The molecule has 0 heterocycles. The van der Waals surface area contributed by atoms with Crippen LogP contribution < -0.4 is 10.8 Å². The second-order valence-electron chi connectivity index (χ2n) is 1.81. The van der Waals surface area contributed by atoms with Gasteiger partial charge in [0.25, 0.3) is 0 Å². The SMILES string of the molecule is [NH3+][C@H](CC(=O)[O-])C(F)(F)F. The van der Waals surface area contributed by atoms with Crippen LogP contribution in [0.5, 0.6) is 0 Å². The zero-order chi connectivity index (χ0) is 8.36. The molecule has 0 fully saturated rings. The average Bonchev–Trinajstić information content (AvgIpc) is 1.60. The molecule has 0 aliphatic heterocycles. The number of rotatable bonds is 2. The van der Waals surface area contributed by atoms with E-state index >= 15 is 0 Å². The normalized spacial score (nSPS) is 14.8. The summed E-state index contributed by atoms with van der Waals surface area (Å²) in [4.78, 5) is 9.61. The predicted molar refractivity (Wildman–Crippen MR) is 22.4 cm³/mol. The highest BCUT2D eigenvalue weighted by Crippen LogP contribution is 2.18. The Hall–Kier alpha value is -0.780. The lowest BCUT2D eigenvalue weighted by molar-refractivity contribution is -0.482. The van der Waals surface area contributed by atoms with Crippen LogP contribution in [0.2, 0.25) is 0 Å². The van der Waals surface area contributed by atoms with E-state index in [1.165, 1.54) is 0 Å². The summed E-state index contributed by atoms with van der Waals surface area (Å²) < 4.78 is 34.4. The number of carboxylic acids is 1. The van der Waals surface area contributed by atoms with Gasteiger partial charge in [0.1, 0.15) is 0 Å². The molecule has 1 atom stereocenters. The van der Waals surface area contributed by atoms with Crippen LogP contribution in [0.3, 0.4) is 0 Å². The number of halogens is 3. The molecule has 3 nitrogen and oxygen atoms in total. The number of aliphatic carboxylic acids is 1.